The van der Waals surface area contributed by atoms with Gasteiger partial charge in [0.1, 0.15) is 11.8 Å². The third-order valence-corrected chi connectivity index (χ3v) is 6.34. The van der Waals surface area contributed by atoms with Crippen LogP contribution in [0.2, 0.25) is 0 Å². The zero-order valence-electron chi connectivity index (χ0n) is 19.9. The molecule has 1 aliphatic carbocycles. The van der Waals surface area contributed by atoms with Gasteiger partial charge in [-0.15, -0.1) is 0 Å². The summed E-state index contributed by atoms with van der Waals surface area (Å²) in [6.07, 6.45) is 3.37. The molecule has 9 nitrogen and oxygen atoms in total. The molecule has 0 radical (unpaired) electrons. The van der Waals surface area contributed by atoms with Crippen LogP contribution >= 0.6 is 0 Å². The molecule has 9 heteroatoms. The first-order chi connectivity index (χ1) is 16.9. The highest BCUT2D eigenvalue weighted by atomic mass is 16.5. The summed E-state index contributed by atoms with van der Waals surface area (Å²) in [5, 5.41) is 2.75. The summed E-state index contributed by atoms with van der Waals surface area (Å²) in [6, 6.07) is 11.7. The van der Waals surface area contributed by atoms with E-state index in [2.05, 4.69) is 5.32 Å². The van der Waals surface area contributed by atoms with Crippen molar-refractivity contribution < 1.29 is 28.7 Å². The van der Waals surface area contributed by atoms with Crippen LogP contribution in [0, 0.1) is 0 Å². The van der Waals surface area contributed by atoms with Gasteiger partial charge in [-0.3, -0.25) is 9.59 Å². The molecule has 2 aliphatic rings. The number of methoxy groups -OCH3 is 1. The zero-order chi connectivity index (χ0) is 24.9. The van der Waals surface area contributed by atoms with Gasteiger partial charge >= 0.3 is 12.0 Å². The smallest absolute Gasteiger partial charge is 0.338 e. The lowest BCUT2D eigenvalue weighted by Crippen LogP contribution is -2.43. The van der Waals surface area contributed by atoms with Crippen LogP contribution in [0.5, 0.6) is 5.75 Å². The van der Waals surface area contributed by atoms with Crippen LogP contribution in [0.25, 0.3) is 0 Å². The van der Waals surface area contributed by atoms with Crippen LogP contribution in [0.1, 0.15) is 49.4 Å². The van der Waals surface area contributed by atoms with Gasteiger partial charge in [0.2, 0.25) is 5.91 Å². The Morgan fingerprint density at radius 3 is 2.43 bits per heavy atom. The Hall–Kier alpha value is -3.88. The second kappa shape index (κ2) is 10.6. The number of benzene rings is 2. The number of imide groups is 1. The quantitative estimate of drug-likeness (QED) is 0.454. The fourth-order valence-electron chi connectivity index (χ4n) is 4.68. The number of carbonyl (C=O) groups is 4. The van der Waals surface area contributed by atoms with Crippen molar-refractivity contribution >= 4 is 35.2 Å². The van der Waals surface area contributed by atoms with Gasteiger partial charge in [0.25, 0.3) is 5.91 Å². The molecule has 2 fully saturated rings. The molecule has 0 aromatic heterocycles. The Balaban J connectivity index is 1.54. The number of hydrogen-bond acceptors (Lipinski definition) is 6. The number of carbonyl (C=O) groups excluding carboxylic acids is 4. The molecule has 0 unspecified atom stereocenters. The summed E-state index contributed by atoms with van der Waals surface area (Å²) >= 11 is 0. The first kappa shape index (κ1) is 24.3. The minimum absolute atomic E-state index is 0.0837. The number of nitrogens with one attached hydrogen (secondary N) is 1. The van der Waals surface area contributed by atoms with Crippen molar-refractivity contribution in [2.24, 2.45) is 0 Å². The van der Waals surface area contributed by atoms with E-state index < -0.39 is 29.9 Å². The van der Waals surface area contributed by atoms with Gasteiger partial charge in [0.05, 0.1) is 31.4 Å². The molecule has 1 heterocycles. The predicted octanol–water partition coefficient (Wildman–Crippen LogP) is 3.98. The second-order valence-corrected chi connectivity index (χ2v) is 8.57. The SMILES string of the molecule is CCOC(=O)c1cccc(NC(=O)C[C@H]2C(=O)N(c3ccc(OC)cc3)C(=O)N2C2CCCC2)c1. The van der Waals surface area contributed by atoms with E-state index in [0.29, 0.717) is 22.7 Å². The van der Waals surface area contributed by atoms with E-state index in [4.69, 9.17) is 9.47 Å². The van der Waals surface area contributed by atoms with Crippen LogP contribution in [-0.2, 0) is 14.3 Å². The van der Waals surface area contributed by atoms with Crippen molar-refractivity contribution in [1.82, 2.24) is 4.90 Å². The van der Waals surface area contributed by atoms with Crippen molar-refractivity contribution in [3.63, 3.8) is 0 Å². The van der Waals surface area contributed by atoms with Crippen molar-refractivity contribution in [2.75, 3.05) is 23.9 Å². The Bertz CT molecular complexity index is 1110. The lowest BCUT2D eigenvalue weighted by molar-refractivity contribution is -0.124. The summed E-state index contributed by atoms with van der Waals surface area (Å²) < 4.78 is 10.2. The van der Waals surface area contributed by atoms with Crippen LogP contribution in [0.3, 0.4) is 0 Å². The number of hydrogen-bond donors (Lipinski definition) is 1. The fraction of sp³-hybridized carbons (Fsp3) is 0.385. The summed E-state index contributed by atoms with van der Waals surface area (Å²) in [7, 11) is 1.54. The highest BCUT2D eigenvalue weighted by Crippen LogP contribution is 2.34. The van der Waals surface area contributed by atoms with Crippen molar-refractivity contribution in [2.45, 2.75) is 51.1 Å². The maximum atomic E-state index is 13.4. The summed E-state index contributed by atoms with van der Waals surface area (Å²) in [5.41, 5.74) is 1.17. The molecule has 0 spiro atoms. The minimum atomic E-state index is -0.902. The molecule has 4 rings (SSSR count). The molecular weight excluding hydrogens is 450 g/mol. The van der Waals surface area contributed by atoms with E-state index in [1.165, 1.54) is 6.07 Å². The number of urea groups is 1. The molecule has 184 valence electrons. The van der Waals surface area contributed by atoms with Crippen molar-refractivity contribution in [3.05, 3.63) is 54.1 Å². The van der Waals surface area contributed by atoms with E-state index >= 15 is 0 Å². The van der Waals surface area contributed by atoms with Crippen LogP contribution in [-0.4, -0.2) is 54.5 Å². The Labute approximate surface area is 204 Å². The van der Waals surface area contributed by atoms with E-state index in [9.17, 15) is 19.2 Å². The van der Waals surface area contributed by atoms with Gasteiger partial charge < -0.3 is 19.7 Å². The van der Waals surface area contributed by atoms with Gasteiger partial charge in [-0.1, -0.05) is 18.9 Å². The Morgan fingerprint density at radius 1 is 1.06 bits per heavy atom. The molecule has 1 saturated carbocycles. The highest BCUT2D eigenvalue weighted by Gasteiger charge is 2.49. The second-order valence-electron chi connectivity index (χ2n) is 8.57. The van der Waals surface area contributed by atoms with Gasteiger partial charge in [0.15, 0.2) is 0 Å². The maximum Gasteiger partial charge on any atom is 0.338 e. The number of esters is 1. The number of nitrogens with zero attached hydrogens (tertiary/aromatic N) is 2. The van der Waals surface area contributed by atoms with E-state index in [0.717, 1.165) is 30.6 Å². The first-order valence-corrected chi connectivity index (χ1v) is 11.8. The molecule has 1 atom stereocenters. The number of rotatable bonds is 8. The molecule has 4 amide bonds. The topological polar surface area (TPSA) is 105 Å². The average Bonchev–Trinajstić information content (AvgIpc) is 3.46. The summed E-state index contributed by atoms with van der Waals surface area (Å²) in [5.74, 6) is -0.719. The lowest BCUT2D eigenvalue weighted by atomic mass is 10.1. The molecular formula is C26H29N3O6. The summed E-state index contributed by atoms with van der Waals surface area (Å²) in [6.45, 7) is 1.96. The molecule has 2 aromatic carbocycles. The molecule has 1 aliphatic heterocycles. The number of anilines is 2. The fourth-order valence-corrected chi connectivity index (χ4v) is 4.68. The van der Waals surface area contributed by atoms with Crippen LogP contribution < -0.4 is 15.0 Å². The molecule has 0 bridgehead atoms. The third kappa shape index (κ3) is 5.13. The summed E-state index contributed by atoms with van der Waals surface area (Å²) in [4.78, 5) is 54.5. The predicted molar refractivity (Wildman–Crippen MR) is 129 cm³/mol. The third-order valence-electron chi connectivity index (χ3n) is 6.34. The lowest BCUT2D eigenvalue weighted by Gasteiger charge is -2.27. The zero-order valence-corrected chi connectivity index (χ0v) is 19.9. The van der Waals surface area contributed by atoms with Gasteiger partial charge in [-0.2, -0.15) is 0 Å². The maximum absolute atomic E-state index is 13.4. The normalized spacial score (nSPS) is 18.2. The van der Waals surface area contributed by atoms with Crippen molar-refractivity contribution in [1.29, 1.82) is 0 Å². The molecule has 35 heavy (non-hydrogen) atoms. The van der Waals surface area contributed by atoms with E-state index in [1.54, 1.807) is 61.4 Å². The Kier molecular flexibility index (Phi) is 7.33. The monoisotopic (exact) mass is 479 g/mol. The largest absolute Gasteiger partial charge is 0.497 e. The van der Waals surface area contributed by atoms with Gasteiger partial charge in [-0.25, -0.2) is 14.5 Å². The number of ether oxygens (including phenoxy) is 2. The van der Waals surface area contributed by atoms with Crippen LogP contribution in [0.4, 0.5) is 16.2 Å². The van der Waals surface area contributed by atoms with E-state index in [-0.39, 0.29) is 19.1 Å². The van der Waals surface area contributed by atoms with Crippen molar-refractivity contribution in [3.8, 4) is 5.75 Å². The Morgan fingerprint density at radius 2 is 1.77 bits per heavy atom. The van der Waals surface area contributed by atoms with Crippen LogP contribution in [0.15, 0.2) is 48.5 Å². The minimum Gasteiger partial charge on any atom is -0.497 e. The molecule has 1 N–H and O–H groups in total. The first-order valence-electron chi connectivity index (χ1n) is 11.8. The highest BCUT2D eigenvalue weighted by molar-refractivity contribution is 6.22. The van der Waals surface area contributed by atoms with Gasteiger partial charge in [0, 0.05) is 11.7 Å². The average molecular weight is 480 g/mol. The molecule has 1 saturated heterocycles. The standard InChI is InChI=1S/C26H29N3O6/c1-3-35-25(32)17-7-6-8-18(15-17)27-23(30)16-22-24(31)29(20-11-13-21(34-2)14-12-20)26(33)28(22)19-9-4-5-10-19/h6-8,11-15,19,22H,3-5,9-10,16H2,1-2H3,(H,27,30)/t22-/m0/s1. The number of amides is 4. The van der Waals surface area contributed by atoms with Gasteiger partial charge in [-0.05, 0) is 62.2 Å². The molecule has 2 aromatic rings. The van der Waals surface area contributed by atoms with E-state index in [1.807, 2.05) is 0 Å².